The largest absolute Gasteiger partial charge is 0.392 e. The molecule has 1 aliphatic rings. The van der Waals surface area contributed by atoms with Gasteiger partial charge in [0.25, 0.3) is 0 Å². The normalized spacial score (nSPS) is 18.3. The molecule has 1 aliphatic carbocycles. The summed E-state index contributed by atoms with van der Waals surface area (Å²) in [6.45, 7) is 5.20. The first kappa shape index (κ1) is 14.4. The first-order valence-corrected chi connectivity index (χ1v) is 6.78. The molecule has 1 atom stereocenters. The number of nitrogens with one attached hydrogen (secondary N) is 1. The van der Waals surface area contributed by atoms with Crippen LogP contribution in [-0.4, -0.2) is 41.0 Å². The average molecular weight is 257 g/mol. The summed E-state index contributed by atoms with van der Waals surface area (Å²) in [5.41, 5.74) is 5.53. The number of likely N-dealkylation sites (N-methyl/N-ethyl adjacent to an activating group) is 1. The summed E-state index contributed by atoms with van der Waals surface area (Å²) in [7, 11) is 0. The highest BCUT2D eigenvalue weighted by molar-refractivity contribution is 7.80. The van der Waals surface area contributed by atoms with Crippen LogP contribution in [0, 0.1) is 0 Å². The van der Waals surface area contributed by atoms with Gasteiger partial charge in [-0.2, -0.15) is 0 Å². The first-order chi connectivity index (χ1) is 8.04. The number of nitrogens with two attached hydrogens (primary N) is 1. The molecule has 5 heteroatoms. The highest BCUT2D eigenvalue weighted by Crippen LogP contribution is 2.17. The fraction of sp³-hybridized carbons (Fsp3) is 0.833. The predicted octanol–water partition coefficient (Wildman–Crippen LogP) is 1.04. The number of carbonyl (C=O) groups is 1. The first-order valence-electron chi connectivity index (χ1n) is 6.37. The van der Waals surface area contributed by atoms with Crippen LogP contribution in [0.15, 0.2) is 0 Å². The molecule has 0 aromatic rings. The van der Waals surface area contributed by atoms with Crippen molar-refractivity contribution in [1.29, 1.82) is 0 Å². The fourth-order valence-corrected chi connectivity index (χ4v) is 2.45. The molecule has 3 N–H and O–H groups in total. The Kier molecular flexibility index (Phi) is 5.85. The lowest BCUT2D eigenvalue weighted by atomic mass is 10.2. The zero-order chi connectivity index (χ0) is 12.8. The molecule has 1 fully saturated rings. The average Bonchev–Trinajstić information content (AvgIpc) is 2.77. The molecular formula is C12H23N3OS. The van der Waals surface area contributed by atoms with Crippen molar-refractivity contribution in [2.24, 2.45) is 5.73 Å². The Morgan fingerprint density at radius 1 is 1.53 bits per heavy atom. The summed E-state index contributed by atoms with van der Waals surface area (Å²) < 4.78 is 0. The molecule has 0 saturated heterocycles. The van der Waals surface area contributed by atoms with E-state index in [1.807, 2.05) is 18.7 Å². The molecular weight excluding hydrogens is 234 g/mol. The molecule has 1 amide bonds. The maximum atomic E-state index is 12.0. The zero-order valence-corrected chi connectivity index (χ0v) is 11.6. The number of carbonyl (C=O) groups excluding carboxylic acids is 1. The minimum absolute atomic E-state index is 0.0926. The summed E-state index contributed by atoms with van der Waals surface area (Å²) in [4.78, 5) is 14.5. The Morgan fingerprint density at radius 2 is 2.12 bits per heavy atom. The van der Waals surface area contributed by atoms with Gasteiger partial charge in [-0.15, -0.1) is 0 Å². The van der Waals surface area contributed by atoms with Crippen LogP contribution in [0.25, 0.3) is 0 Å². The standard InChI is InChI=1S/C12H23N3OS/c1-3-15(8-11(13)17)9(2)12(16)14-10-6-4-5-7-10/h9-10H,3-8H2,1-2H3,(H2,13,17)(H,14,16). The monoisotopic (exact) mass is 257 g/mol. The Labute approximate surface area is 109 Å². The Hall–Kier alpha value is -0.680. The topological polar surface area (TPSA) is 58.4 Å². The molecule has 0 heterocycles. The smallest absolute Gasteiger partial charge is 0.237 e. The van der Waals surface area contributed by atoms with Gasteiger partial charge >= 0.3 is 0 Å². The quantitative estimate of drug-likeness (QED) is 0.698. The highest BCUT2D eigenvalue weighted by Gasteiger charge is 2.24. The molecule has 0 aliphatic heterocycles. The summed E-state index contributed by atoms with van der Waals surface area (Å²) >= 11 is 4.89. The lowest BCUT2D eigenvalue weighted by Crippen LogP contribution is -2.49. The van der Waals surface area contributed by atoms with E-state index in [2.05, 4.69) is 5.32 Å². The zero-order valence-electron chi connectivity index (χ0n) is 10.7. The van der Waals surface area contributed by atoms with Gasteiger partial charge in [0.2, 0.25) is 5.91 Å². The third-order valence-corrected chi connectivity index (χ3v) is 3.52. The van der Waals surface area contributed by atoms with E-state index in [-0.39, 0.29) is 11.9 Å². The molecule has 0 aromatic carbocycles. The number of thiocarbonyl (C=S) groups is 1. The van der Waals surface area contributed by atoms with Gasteiger partial charge in [0.15, 0.2) is 0 Å². The van der Waals surface area contributed by atoms with Gasteiger partial charge in [-0.05, 0) is 26.3 Å². The van der Waals surface area contributed by atoms with Crippen molar-refractivity contribution in [3.8, 4) is 0 Å². The van der Waals surface area contributed by atoms with Gasteiger partial charge in [-0.25, -0.2) is 0 Å². The van der Waals surface area contributed by atoms with Gasteiger partial charge in [0.05, 0.1) is 11.0 Å². The van der Waals surface area contributed by atoms with Crippen molar-refractivity contribution in [3.05, 3.63) is 0 Å². The van der Waals surface area contributed by atoms with Crippen LogP contribution in [0.1, 0.15) is 39.5 Å². The molecule has 1 unspecified atom stereocenters. The molecule has 0 radical (unpaired) electrons. The van der Waals surface area contributed by atoms with Crippen molar-refractivity contribution in [3.63, 3.8) is 0 Å². The third-order valence-electron chi connectivity index (χ3n) is 3.39. The van der Waals surface area contributed by atoms with E-state index in [1.165, 1.54) is 12.8 Å². The number of rotatable bonds is 6. The molecule has 98 valence electrons. The predicted molar refractivity (Wildman–Crippen MR) is 73.9 cm³/mol. The molecule has 4 nitrogen and oxygen atoms in total. The number of amides is 1. The van der Waals surface area contributed by atoms with Gasteiger partial charge in [-0.1, -0.05) is 32.0 Å². The van der Waals surface area contributed by atoms with E-state index in [0.717, 1.165) is 19.4 Å². The number of hydrogen-bond donors (Lipinski definition) is 2. The van der Waals surface area contributed by atoms with Crippen molar-refractivity contribution in [2.45, 2.75) is 51.6 Å². The Bertz CT molecular complexity index is 277. The van der Waals surface area contributed by atoms with E-state index in [9.17, 15) is 4.79 Å². The van der Waals surface area contributed by atoms with Crippen LogP contribution in [0.4, 0.5) is 0 Å². The highest BCUT2D eigenvalue weighted by atomic mass is 32.1. The molecule has 1 rings (SSSR count). The van der Waals surface area contributed by atoms with E-state index < -0.39 is 0 Å². The van der Waals surface area contributed by atoms with E-state index >= 15 is 0 Å². The van der Waals surface area contributed by atoms with Crippen LogP contribution in [0.5, 0.6) is 0 Å². The molecule has 17 heavy (non-hydrogen) atoms. The second-order valence-electron chi connectivity index (χ2n) is 4.70. The third kappa shape index (κ3) is 4.60. The Morgan fingerprint density at radius 3 is 2.59 bits per heavy atom. The fourth-order valence-electron chi connectivity index (χ4n) is 2.28. The minimum atomic E-state index is -0.165. The second-order valence-corrected chi connectivity index (χ2v) is 5.22. The van der Waals surface area contributed by atoms with Gasteiger partial charge in [-0.3, -0.25) is 9.69 Å². The lowest BCUT2D eigenvalue weighted by molar-refractivity contribution is -0.126. The SMILES string of the molecule is CCN(CC(N)=S)C(C)C(=O)NC1CCCC1. The van der Waals surface area contributed by atoms with Gasteiger partial charge in [0, 0.05) is 12.6 Å². The summed E-state index contributed by atoms with van der Waals surface area (Å²) in [5, 5.41) is 3.10. The van der Waals surface area contributed by atoms with Crippen molar-refractivity contribution < 1.29 is 4.79 Å². The van der Waals surface area contributed by atoms with Crippen LogP contribution in [0.3, 0.4) is 0 Å². The van der Waals surface area contributed by atoms with E-state index in [0.29, 0.717) is 17.6 Å². The summed E-state index contributed by atoms with van der Waals surface area (Å²) in [5.74, 6) is 0.0926. The molecule has 0 aromatic heterocycles. The number of nitrogens with zero attached hydrogens (tertiary/aromatic N) is 1. The van der Waals surface area contributed by atoms with E-state index in [4.69, 9.17) is 18.0 Å². The second kappa shape index (κ2) is 6.91. The maximum Gasteiger partial charge on any atom is 0.237 e. The van der Waals surface area contributed by atoms with Crippen molar-refractivity contribution in [2.75, 3.05) is 13.1 Å². The summed E-state index contributed by atoms with van der Waals surface area (Å²) in [6.07, 6.45) is 4.67. The van der Waals surface area contributed by atoms with Crippen LogP contribution in [0.2, 0.25) is 0 Å². The van der Waals surface area contributed by atoms with Crippen LogP contribution < -0.4 is 11.1 Å². The minimum Gasteiger partial charge on any atom is -0.392 e. The molecule has 0 bridgehead atoms. The lowest BCUT2D eigenvalue weighted by Gasteiger charge is -2.27. The molecule has 1 saturated carbocycles. The maximum absolute atomic E-state index is 12.0. The van der Waals surface area contributed by atoms with Crippen molar-refractivity contribution in [1.82, 2.24) is 10.2 Å². The van der Waals surface area contributed by atoms with E-state index in [1.54, 1.807) is 0 Å². The van der Waals surface area contributed by atoms with Crippen LogP contribution >= 0.6 is 12.2 Å². The summed E-state index contributed by atoms with van der Waals surface area (Å²) in [6, 6.07) is 0.204. The molecule has 0 spiro atoms. The number of hydrogen-bond acceptors (Lipinski definition) is 3. The van der Waals surface area contributed by atoms with Crippen LogP contribution in [-0.2, 0) is 4.79 Å². The Balaban J connectivity index is 2.44. The van der Waals surface area contributed by atoms with Gasteiger partial charge < -0.3 is 11.1 Å². The van der Waals surface area contributed by atoms with Gasteiger partial charge in [0.1, 0.15) is 0 Å². The van der Waals surface area contributed by atoms with Crippen molar-refractivity contribution >= 4 is 23.1 Å².